The molecule has 2 nitrogen and oxygen atoms in total. The molecule has 0 amide bonds. The Morgan fingerprint density at radius 2 is 1.86 bits per heavy atom. The van der Waals surface area contributed by atoms with E-state index >= 15 is 0 Å². The van der Waals surface area contributed by atoms with Crippen molar-refractivity contribution < 1.29 is 0 Å². The summed E-state index contributed by atoms with van der Waals surface area (Å²) in [5, 5.41) is 5.05. The number of nitrogens with zero attached hydrogens (tertiary/aromatic N) is 2. The van der Waals surface area contributed by atoms with Crippen molar-refractivity contribution >= 4 is 11.6 Å². The van der Waals surface area contributed by atoms with Gasteiger partial charge in [-0.1, -0.05) is 23.7 Å². The van der Waals surface area contributed by atoms with E-state index in [2.05, 4.69) is 5.10 Å². The average molecular weight is 207 g/mol. The minimum absolute atomic E-state index is 0.760. The minimum Gasteiger partial charge on any atom is -0.275 e. The molecule has 0 aliphatic carbocycles. The highest BCUT2D eigenvalue weighted by atomic mass is 35.5. The summed E-state index contributed by atoms with van der Waals surface area (Å²) in [6, 6.07) is 7.80. The van der Waals surface area contributed by atoms with Crippen LogP contribution in [0.1, 0.15) is 5.69 Å². The highest BCUT2D eigenvalue weighted by molar-refractivity contribution is 6.30. The summed E-state index contributed by atoms with van der Waals surface area (Å²) in [5.74, 6) is 0. The van der Waals surface area contributed by atoms with Crippen LogP contribution in [0.25, 0.3) is 11.1 Å². The van der Waals surface area contributed by atoms with Crippen LogP contribution in [0.15, 0.2) is 30.5 Å². The fourth-order valence-electron chi connectivity index (χ4n) is 1.51. The molecule has 0 aliphatic heterocycles. The van der Waals surface area contributed by atoms with Crippen LogP contribution in [0.4, 0.5) is 0 Å². The molecule has 1 aromatic heterocycles. The zero-order chi connectivity index (χ0) is 10.1. The number of halogens is 1. The number of aromatic nitrogens is 2. The maximum Gasteiger partial charge on any atom is 0.0671 e. The van der Waals surface area contributed by atoms with Gasteiger partial charge in [0.25, 0.3) is 0 Å². The Labute approximate surface area is 88.1 Å². The first-order valence-corrected chi connectivity index (χ1v) is 4.81. The van der Waals surface area contributed by atoms with Crippen molar-refractivity contribution in [3.8, 4) is 11.1 Å². The number of benzene rings is 1. The van der Waals surface area contributed by atoms with Gasteiger partial charge in [0.2, 0.25) is 0 Å². The van der Waals surface area contributed by atoms with Crippen molar-refractivity contribution in [2.45, 2.75) is 6.92 Å². The maximum atomic E-state index is 5.82. The lowest BCUT2D eigenvalue weighted by Crippen LogP contribution is -1.86. The highest BCUT2D eigenvalue weighted by Gasteiger charge is 2.04. The van der Waals surface area contributed by atoms with Crippen LogP contribution in [0.2, 0.25) is 5.02 Å². The van der Waals surface area contributed by atoms with Crippen molar-refractivity contribution in [1.82, 2.24) is 9.78 Å². The first-order chi connectivity index (χ1) is 6.66. The van der Waals surface area contributed by atoms with E-state index in [0.29, 0.717) is 0 Å². The van der Waals surface area contributed by atoms with Crippen LogP contribution in [-0.4, -0.2) is 9.78 Å². The van der Waals surface area contributed by atoms with Crippen molar-refractivity contribution in [2.24, 2.45) is 7.05 Å². The molecule has 1 aromatic carbocycles. The first-order valence-electron chi connectivity index (χ1n) is 4.43. The zero-order valence-electron chi connectivity index (χ0n) is 8.16. The molecule has 72 valence electrons. The lowest BCUT2D eigenvalue weighted by Gasteiger charge is -1.98. The van der Waals surface area contributed by atoms with Crippen LogP contribution in [0, 0.1) is 6.92 Å². The third kappa shape index (κ3) is 1.66. The average Bonchev–Trinajstić information content (AvgIpc) is 2.47. The number of hydrogen-bond acceptors (Lipinski definition) is 1. The quantitative estimate of drug-likeness (QED) is 0.701. The lowest BCUT2D eigenvalue weighted by atomic mass is 10.1. The third-order valence-corrected chi connectivity index (χ3v) is 2.42. The van der Waals surface area contributed by atoms with Gasteiger partial charge in [-0.15, -0.1) is 0 Å². The minimum atomic E-state index is 0.760. The molecule has 0 fully saturated rings. The summed E-state index contributed by atoms with van der Waals surface area (Å²) in [4.78, 5) is 0. The summed E-state index contributed by atoms with van der Waals surface area (Å²) in [5.41, 5.74) is 3.35. The van der Waals surface area contributed by atoms with Crippen molar-refractivity contribution in [3.63, 3.8) is 0 Å². The Morgan fingerprint density at radius 1 is 1.21 bits per heavy atom. The topological polar surface area (TPSA) is 17.8 Å². The molecule has 0 aliphatic rings. The third-order valence-electron chi connectivity index (χ3n) is 2.17. The first kappa shape index (κ1) is 9.28. The number of aryl methyl sites for hydroxylation is 2. The van der Waals surface area contributed by atoms with Gasteiger partial charge in [-0.3, -0.25) is 4.68 Å². The Hall–Kier alpha value is -1.28. The van der Waals surface area contributed by atoms with E-state index in [1.165, 1.54) is 0 Å². The Morgan fingerprint density at radius 3 is 2.36 bits per heavy atom. The molecule has 2 aromatic rings. The van der Waals surface area contributed by atoms with Crippen molar-refractivity contribution in [2.75, 3.05) is 0 Å². The molecule has 0 unspecified atom stereocenters. The molecule has 0 saturated heterocycles. The summed E-state index contributed by atoms with van der Waals surface area (Å²) < 4.78 is 1.82. The molecular formula is C11H11ClN2. The molecule has 2 rings (SSSR count). The highest BCUT2D eigenvalue weighted by Crippen LogP contribution is 2.23. The molecule has 3 heteroatoms. The SMILES string of the molecule is Cc1nn(C)cc1-c1ccc(Cl)cc1. The fraction of sp³-hybridized carbons (Fsp3) is 0.182. The van der Waals surface area contributed by atoms with Gasteiger partial charge in [-0.25, -0.2) is 0 Å². The number of hydrogen-bond donors (Lipinski definition) is 0. The largest absolute Gasteiger partial charge is 0.275 e. The van der Waals surface area contributed by atoms with Crippen LogP contribution >= 0.6 is 11.6 Å². The summed E-state index contributed by atoms with van der Waals surface area (Å²) in [6.07, 6.45) is 2.01. The molecule has 0 saturated carbocycles. The normalized spacial score (nSPS) is 10.5. The van der Waals surface area contributed by atoms with Crippen molar-refractivity contribution in [3.05, 3.63) is 41.2 Å². The van der Waals surface area contributed by atoms with E-state index in [4.69, 9.17) is 11.6 Å². The predicted octanol–water partition coefficient (Wildman–Crippen LogP) is 3.05. The monoisotopic (exact) mass is 206 g/mol. The summed E-state index contributed by atoms with van der Waals surface area (Å²) >= 11 is 5.82. The van der Waals surface area contributed by atoms with Gasteiger partial charge >= 0.3 is 0 Å². The van der Waals surface area contributed by atoms with Crippen LogP contribution < -0.4 is 0 Å². The maximum absolute atomic E-state index is 5.82. The molecule has 0 N–H and O–H groups in total. The zero-order valence-corrected chi connectivity index (χ0v) is 8.92. The van der Waals surface area contributed by atoms with Crippen LogP contribution in [-0.2, 0) is 7.05 Å². The van der Waals surface area contributed by atoms with E-state index in [-0.39, 0.29) is 0 Å². The van der Waals surface area contributed by atoms with Gasteiger partial charge in [0, 0.05) is 23.8 Å². The molecular weight excluding hydrogens is 196 g/mol. The summed E-state index contributed by atoms with van der Waals surface area (Å²) in [7, 11) is 1.92. The molecule has 14 heavy (non-hydrogen) atoms. The van der Waals surface area contributed by atoms with Gasteiger partial charge in [0.05, 0.1) is 5.69 Å². The van der Waals surface area contributed by atoms with Crippen LogP contribution in [0.3, 0.4) is 0 Å². The van der Waals surface area contributed by atoms with E-state index in [1.54, 1.807) is 0 Å². The van der Waals surface area contributed by atoms with Gasteiger partial charge in [0.1, 0.15) is 0 Å². The second-order valence-corrected chi connectivity index (χ2v) is 3.75. The standard InChI is InChI=1S/C11H11ClN2/c1-8-11(7-14(2)13-8)9-3-5-10(12)6-4-9/h3-7H,1-2H3. The second kappa shape index (κ2) is 3.46. The summed E-state index contributed by atoms with van der Waals surface area (Å²) in [6.45, 7) is 2.00. The lowest BCUT2D eigenvalue weighted by molar-refractivity contribution is 0.756. The van der Waals surface area contributed by atoms with E-state index < -0.39 is 0 Å². The molecule has 0 bridgehead atoms. The molecule has 0 spiro atoms. The van der Waals surface area contributed by atoms with Gasteiger partial charge in [-0.05, 0) is 24.6 Å². The smallest absolute Gasteiger partial charge is 0.0671 e. The van der Waals surface area contributed by atoms with E-state index in [0.717, 1.165) is 21.8 Å². The number of rotatable bonds is 1. The second-order valence-electron chi connectivity index (χ2n) is 3.31. The Bertz CT molecular complexity index is 443. The van der Waals surface area contributed by atoms with Crippen LogP contribution in [0.5, 0.6) is 0 Å². The van der Waals surface area contributed by atoms with Gasteiger partial charge in [0.15, 0.2) is 0 Å². The van der Waals surface area contributed by atoms with Crippen molar-refractivity contribution in [1.29, 1.82) is 0 Å². The van der Waals surface area contributed by atoms with Gasteiger partial charge < -0.3 is 0 Å². The fourth-order valence-corrected chi connectivity index (χ4v) is 1.64. The molecule has 1 heterocycles. The van der Waals surface area contributed by atoms with Gasteiger partial charge in [-0.2, -0.15) is 5.10 Å². The Kier molecular flexibility index (Phi) is 2.30. The molecule has 0 radical (unpaired) electrons. The van der Waals surface area contributed by atoms with E-state index in [9.17, 15) is 0 Å². The van der Waals surface area contributed by atoms with E-state index in [1.807, 2.05) is 49.1 Å². The predicted molar refractivity (Wildman–Crippen MR) is 58.4 cm³/mol. The Balaban J connectivity index is 2.49. The molecule has 0 atom stereocenters.